The number of rotatable bonds is 4. The number of pyridine rings is 2. The molecule has 1 fully saturated rings. The van der Waals surface area contributed by atoms with Gasteiger partial charge in [-0.2, -0.15) is 5.26 Å². The summed E-state index contributed by atoms with van der Waals surface area (Å²) < 4.78 is 14.5. The van der Waals surface area contributed by atoms with Crippen molar-refractivity contribution in [2.45, 2.75) is 32.4 Å². The van der Waals surface area contributed by atoms with Crippen molar-refractivity contribution in [2.24, 2.45) is 5.73 Å². The Kier molecular flexibility index (Phi) is 5.70. The van der Waals surface area contributed by atoms with E-state index in [-0.39, 0.29) is 35.2 Å². The molecule has 0 unspecified atom stereocenters. The summed E-state index contributed by atoms with van der Waals surface area (Å²) in [5.74, 6) is -0.423. The molecule has 28 heavy (non-hydrogen) atoms. The van der Waals surface area contributed by atoms with Crippen LogP contribution in [0.3, 0.4) is 0 Å². The largest absolute Gasteiger partial charge is 0.363 e. The molecule has 0 aromatic carbocycles. The van der Waals surface area contributed by atoms with E-state index in [0.29, 0.717) is 25.2 Å². The molecule has 1 amide bonds. The second-order valence-electron chi connectivity index (χ2n) is 6.87. The van der Waals surface area contributed by atoms with Gasteiger partial charge >= 0.3 is 0 Å². The molecular weight excluding hydrogens is 361 g/mol. The van der Waals surface area contributed by atoms with Crippen molar-refractivity contribution in [1.82, 2.24) is 14.9 Å². The molecule has 1 saturated heterocycles. The fourth-order valence-electron chi connectivity index (χ4n) is 3.15. The topological polar surface area (TPSA) is 120 Å². The maximum atomic E-state index is 14.5. The first-order valence-corrected chi connectivity index (χ1v) is 8.94. The van der Waals surface area contributed by atoms with Gasteiger partial charge in [-0.25, -0.2) is 9.37 Å². The average Bonchev–Trinajstić information content (AvgIpc) is 2.65. The number of nitrogens with one attached hydrogen (secondary N) is 2. The van der Waals surface area contributed by atoms with Crippen molar-refractivity contribution in [1.29, 1.82) is 5.26 Å². The summed E-state index contributed by atoms with van der Waals surface area (Å²) >= 11 is 0. The molecule has 0 spiro atoms. The van der Waals surface area contributed by atoms with Gasteiger partial charge in [-0.15, -0.1) is 0 Å². The number of halogens is 1. The first-order valence-electron chi connectivity index (χ1n) is 8.94. The summed E-state index contributed by atoms with van der Waals surface area (Å²) in [6.45, 7) is 4.33. The highest BCUT2D eigenvalue weighted by molar-refractivity contribution is 5.73. The Morgan fingerprint density at radius 3 is 2.82 bits per heavy atom. The number of amides is 1. The second-order valence-corrected chi connectivity index (χ2v) is 6.87. The van der Waals surface area contributed by atoms with Gasteiger partial charge < -0.3 is 21.3 Å². The van der Waals surface area contributed by atoms with Crippen LogP contribution in [0.15, 0.2) is 24.5 Å². The summed E-state index contributed by atoms with van der Waals surface area (Å²) in [5, 5.41) is 15.4. The first-order chi connectivity index (χ1) is 13.4. The SMILES string of the molecule is CC(=O)N1CC[C@@H](Nc2nc(Nc3cncc(C)c3)c(C#N)cc2F)[C@@H](N)C1. The van der Waals surface area contributed by atoms with Crippen LogP contribution >= 0.6 is 0 Å². The number of aryl methyl sites for hydroxylation is 1. The van der Waals surface area contributed by atoms with E-state index in [1.165, 1.54) is 6.92 Å². The van der Waals surface area contributed by atoms with Crippen LogP contribution < -0.4 is 16.4 Å². The number of nitrogens with zero attached hydrogens (tertiary/aromatic N) is 4. The quantitative estimate of drug-likeness (QED) is 0.737. The minimum Gasteiger partial charge on any atom is -0.363 e. The first kappa shape index (κ1) is 19.5. The fraction of sp³-hybridized carbons (Fsp3) is 0.368. The molecule has 2 aromatic rings. The fourth-order valence-corrected chi connectivity index (χ4v) is 3.15. The van der Waals surface area contributed by atoms with Crippen LogP contribution in [-0.2, 0) is 4.79 Å². The predicted octanol–water partition coefficient (Wildman–Crippen LogP) is 1.90. The van der Waals surface area contributed by atoms with Gasteiger partial charge in [0.25, 0.3) is 0 Å². The van der Waals surface area contributed by atoms with Crippen LogP contribution in [0, 0.1) is 24.1 Å². The summed E-state index contributed by atoms with van der Waals surface area (Å²) in [6.07, 6.45) is 3.88. The minimum atomic E-state index is -0.634. The van der Waals surface area contributed by atoms with Crippen molar-refractivity contribution in [2.75, 3.05) is 23.7 Å². The van der Waals surface area contributed by atoms with Crippen molar-refractivity contribution >= 4 is 23.2 Å². The molecule has 2 aromatic heterocycles. The number of likely N-dealkylation sites (tertiary alicyclic amines) is 1. The van der Waals surface area contributed by atoms with Gasteiger partial charge in [0.05, 0.1) is 17.4 Å². The second kappa shape index (κ2) is 8.19. The molecule has 2 atom stereocenters. The molecule has 146 valence electrons. The number of carbonyl (C=O) groups excluding carboxylic acids is 1. The molecule has 4 N–H and O–H groups in total. The minimum absolute atomic E-state index is 0.0128. The normalized spacial score (nSPS) is 19.0. The number of nitrogens with two attached hydrogens (primary N) is 1. The van der Waals surface area contributed by atoms with Crippen molar-refractivity contribution in [3.8, 4) is 6.07 Å². The highest BCUT2D eigenvalue weighted by Gasteiger charge is 2.29. The lowest BCUT2D eigenvalue weighted by Crippen LogP contribution is -2.55. The molecule has 3 rings (SSSR count). The molecule has 9 heteroatoms. The Hall–Kier alpha value is -3.25. The number of anilines is 3. The smallest absolute Gasteiger partial charge is 0.219 e. The summed E-state index contributed by atoms with van der Waals surface area (Å²) in [7, 11) is 0. The van der Waals surface area contributed by atoms with E-state index in [4.69, 9.17) is 5.73 Å². The lowest BCUT2D eigenvalue weighted by atomic mass is 10.00. The molecule has 3 heterocycles. The zero-order chi connectivity index (χ0) is 20.3. The third kappa shape index (κ3) is 4.35. The van der Waals surface area contributed by atoms with Crippen LogP contribution in [0.25, 0.3) is 0 Å². The van der Waals surface area contributed by atoms with Crippen LogP contribution in [0.2, 0.25) is 0 Å². The highest BCUT2D eigenvalue weighted by atomic mass is 19.1. The van der Waals surface area contributed by atoms with Gasteiger partial charge in [0, 0.05) is 38.3 Å². The Labute approximate surface area is 162 Å². The van der Waals surface area contributed by atoms with E-state index < -0.39 is 5.82 Å². The van der Waals surface area contributed by atoms with Gasteiger partial charge in [0.15, 0.2) is 17.5 Å². The summed E-state index contributed by atoms with van der Waals surface area (Å²) in [5.41, 5.74) is 7.82. The van der Waals surface area contributed by atoms with Gasteiger partial charge in [0.2, 0.25) is 5.91 Å². The van der Waals surface area contributed by atoms with E-state index in [2.05, 4.69) is 20.6 Å². The van der Waals surface area contributed by atoms with E-state index >= 15 is 0 Å². The van der Waals surface area contributed by atoms with Crippen molar-refractivity contribution in [3.05, 3.63) is 41.5 Å². The average molecular weight is 383 g/mol. The standard InChI is InChI=1S/C19H22FN7O/c1-11-5-14(9-23-8-11)24-18-13(7-21)6-15(20)19(26-18)25-17-3-4-27(12(2)28)10-16(17)22/h5-6,8-9,16-17H,3-4,10,22H2,1-2H3,(H2,24,25,26)/t16-,17+/m0/s1. The Balaban J connectivity index is 1.82. The monoisotopic (exact) mass is 383 g/mol. The van der Waals surface area contributed by atoms with Crippen molar-refractivity contribution < 1.29 is 9.18 Å². The van der Waals surface area contributed by atoms with Crippen LogP contribution in [-0.4, -0.2) is 45.9 Å². The van der Waals surface area contributed by atoms with Crippen LogP contribution in [0.4, 0.5) is 21.7 Å². The molecule has 8 nitrogen and oxygen atoms in total. The Morgan fingerprint density at radius 1 is 1.39 bits per heavy atom. The Morgan fingerprint density at radius 2 is 2.18 bits per heavy atom. The van der Waals surface area contributed by atoms with E-state index in [1.54, 1.807) is 17.3 Å². The number of aromatic nitrogens is 2. The third-order valence-corrected chi connectivity index (χ3v) is 4.66. The maximum absolute atomic E-state index is 14.5. The number of hydrogen-bond donors (Lipinski definition) is 3. The van der Waals surface area contributed by atoms with E-state index in [9.17, 15) is 14.4 Å². The molecule has 0 saturated carbocycles. The lowest BCUT2D eigenvalue weighted by molar-refractivity contribution is -0.130. The van der Waals surface area contributed by atoms with Crippen LogP contribution in [0.5, 0.6) is 0 Å². The molecule has 1 aliphatic rings. The van der Waals surface area contributed by atoms with Gasteiger partial charge in [-0.1, -0.05) is 0 Å². The molecule has 0 aliphatic carbocycles. The zero-order valence-electron chi connectivity index (χ0n) is 15.7. The molecule has 1 aliphatic heterocycles. The number of hydrogen-bond acceptors (Lipinski definition) is 7. The maximum Gasteiger partial charge on any atom is 0.219 e. The molecule has 0 bridgehead atoms. The van der Waals surface area contributed by atoms with E-state index in [1.807, 2.05) is 19.1 Å². The van der Waals surface area contributed by atoms with Gasteiger partial charge in [0.1, 0.15) is 6.07 Å². The predicted molar refractivity (Wildman–Crippen MR) is 103 cm³/mol. The van der Waals surface area contributed by atoms with Crippen molar-refractivity contribution in [3.63, 3.8) is 0 Å². The summed E-state index contributed by atoms with van der Waals surface area (Å²) in [6, 6.07) is 4.34. The summed E-state index contributed by atoms with van der Waals surface area (Å²) in [4.78, 5) is 21.5. The Bertz CT molecular complexity index is 927. The number of nitriles is 1. The zero-order valence-corrected chi connectivity index (χ0v) is 15.7. The van der Waals surface area contributed by atoms with Gasteiger partial charge in [-0.3, -0.25) is 9.78 Å². The number of carbonyl (C=O) groups is 1. The molecular formula is C19H22FN7O. The van der Waals surface area contributed by atoms with Crippen LogP contribution in [0.1, 0.15) is 24.5 Å². The third-order valence-electron chi connectivity index (χ3n) is 4.66. The lowest BCUT2D eigenvalue weighted by Gasteiger charge is -2.36. The van der Waals surface area contributed by atoms with E-state index in [0.717, 1.165) is 11.6 Å². The highest BCUT2D eigenvalue weighted by Crippen LogP contribution is 2.25. The number of piperidine rings is 1. The molecule has 0 radical (unpaired) electrons. The van der Waals surface area contributed by atoms with Gasteiger partial charge in [-0.05, 0) is 31.0 Å².